The molecule has 0 radical (unpaired) electrons. The summed E-state index contributed by atoms with van der Waals surface area (Å²) in [6.45, 7) is 6.45. The van der Waals surface area contributed by atoms with Crippen molar-refractivity contribution in [2.75, 3.05) is 0 Å². The molecule has 10 aromatic rings. The Balaban J connectivity index is 1.29. The molecule has 0 atom stereocenters. The van der Waals surface area contributed by atoms with Gasteiger partial charge < -0.3 is 9.13 Å². The molecule has 0 bridgehead atoms. The van der Waals surface area contributed by atoms with E-state index >= 15 is 0 Å². The minimum atomic E-state index is 0.648. The summed E-state index contributed by atoms with van der Waals surface area (Å²) in [6, 6.07) is 63.8. The third-order valence-corrected chi connectivity index (χ3v) is 11.2. The highest BCUT2D eigenvalue weighted by Crippen LogP contribution is 2.42. The average Bonchev–Trinajstić information content (AvgIpc) is 3.73. The fourth-order valence-corrected chi connectivity index (χ4v) is 8.42. The molecule has 0 saturated heterocycles. The Kier molecular flexibility index (Phi) is 7.54. The Labute approximate surface area is 320 Å². The van der Waals surface area contributed by atoms with E-state index < -0.39 is 0 Å². The van der Waals surface area contributed by atoms with E-state index in [1.54, 1.807) is 0 Å². The zero-order valence-electron chi connectivity index (χ0n) is 31.0. The van der Waals surface area contributed by atoms with E-state index in [1.165, 1.54) is 54.9 Å². The molecule has 3 heteroatoms. The van der Waals surface area contributed by atoms with Gasteiger partial charge in [0.2, 0.25) is 0 Å². The third kappa shape index (κ3) is 5.34. The standard InChI is InChI=1S/C52H37N3/c1-33-15-19-37(20-16-33)39-23-25-49-45(29-39)42-11-4-6-13-47(42)54(49)51-27-35(3)44(41-10-8-9-36(28-41)32-53)31-52(51)55-48-14-7-5-12-43(48)46-30-40(24-26-50(46)55)38-21-17-34(2)18-22-38/h4-31H,1-3H3. The SMILES string of the molecule is Cc1ccc(-c2ccc3c(c2)c2ccccc2n3-c2cc(C)c(-c3cccc(C#N)c3)cc2-n2c3ccccc3c3cc(-c4ccc(C)cc4)ccc32)cc1. The first-order valence-electron chi connectivity index (χ1n) is 18.8. The van der Waals surface area contributed by atoms with E-state index in [-0.39, 0.29) is 0 Å². The largest absolute Gasteiger partial charge is 0.307 e. The van der Waals surface area contributed by atoms with Crippen molar-refractivity contribution in [2.24, 2.45) is 0 Å². The van der Waals surface area contributed by atoms with E-state index in [1.807, 2.05) is 18.2 Å². The highest BCUT2D eigenvalue weighted by molar-refractivity contribution is 6.13. The number of benzene rings is 8. The van der Waals surface area contributed by atoms with Crippen LogP contribution in [-0.4, -0.2) is 9.13 Å². The van der Waals surface area contributed by atoms with Crippen molar-refractivity contribution in [1.29, 1.82) is 5.26 Å². The molecule has 0 aliphatic heterocycles. The maximum absolute atomic E-state index is 9.86. The number of hydrogen-bond donors (Lipinski definition) is 0. The van der Waals surface area contributed by atoms with Gasteiger partial charge in [0.15, 0.2) is 0 Å². The molecule has 0 fully saturated rings. The zero-order chi connectivity index (χ0) is 37.2. The Bertz CT molecular complexity index is 3170. The van der Waals surface area contributed by atoms with Crippen LogP contribution in [0.15, 0.2) is 170 Å². The molecular formula is C52H37N3. The number of fused-ring (bicyclic) bond motifs is 6. The van der Waals surface area contributed by atoms with Crippen LogP contribution in [-0.2, 0) is 0 Å². The van der Waals surface area contributed by atoms with Gasteiger partial charge in [-0.05, 0) is 120 Å². The molecule has 10 rings (SSSR count). The first-order valence-corrected chi connectivity index (χ1v) is 18.8. The molecule has 0 unspecified atom stereocenters. The molecule has 0 aliphatic rings. The lowest BCUT2D eigenvalue weighted by Crippen LogP contribution is -2.05. The number of hydrogen-bond acceptors (Lipinski definition) is 1. The topological polar surface area (TPSA) is 33.6 Å². The maximum Gasteiger partial charge on any atom is 0.0991 e. The molecule has 55 heavy (non-hydrogen) atoms. The number of para-hydroxylation sites is 2. The summed E-state index contributed by atoms with van der Waals surface area (Å²) in [7, 11) is 0. The van der Waals surface area contributed by atoms with Gasteiger partial charge in [-0.15, -0.1) is 0 Å². The Morgan fingerprint density at radius 1 is 0.382 bits per heavy atom. The molecule has 0 spiro atoms. The number of rotatable bonds is 5. The molecule has 2 heterocycles. The fourth-order valence-electron chi connectivity index (χ4n) is 8.42. The molecule has 260 valence electrons. The summed E-state index contributed by atoms with van der Waals surface area (Å²) < 4.78 is 4.89. The second kappa shape index (κ2) is 12.8. The number of aryl methyl sites for hydroxylation is 3. The van der Waals surface area contributed by atoms with Crippen LogP contribution >= 0.6 is 0 Å². The van der Waals surface area contributed by atoms with Crippen LogP contribution in [0.4, 0.5) is 0 Å². The summed E-state index contributed by atoms with van der Waals surface area (Å²) in [5.74, 6) is 0. The van der Waals surface area contributed by atoms with Crippen LogP contribution in [0.5, 0.6) is 0 Å². The Hall–Kier alpha value is -7.15. The van der Waals surface area contributed by atoms with Crippen LogP contribution in [0.3, 0.4) is 0 Å². The summed E-state index contributed by atoms with van der Waals surface area (Å²) in [6.07, 6.45) is 0. The van der Waals surface area contributed by atoms with Crippen LogP contribution in [0.25, 0.3) is 88.4 Å². The molecule has 8 aromatic carbocycles. The molecule has 3 nitrogen and oxygen atoms in total. The average molecular weight is 704 g/mol. The lowest BCUT2D eigenvalue weighted by Gasteiger charge is -2.20. The molecule has 0 aliphatic carbocycles. The van der Waals surface area contributed by atoms with Gasteiger partial charge in [0.05, 0.1) is 45.1 Å². The van der Waals surface area contributed by atoms with Gasteiger partial charge in [0.1, 0.15) is 0 Å². The first-order chi connectivity index (χ1) is 26.9. The van der Waals surface area contributed by atoms with Gasteiger partial charge in [-0.1, -0.05) is 120 Å². The molecular weight excluding hydrogens is 667 g/mol. The maximum atomic E-state index is 9.86. The van der Waals surface area contributed by atoms with Crippen molar-refractivity contribution in [3.8, 4) is 50.8 Å². The van der Waals surface area contributed by atoms with Gasteiger partial charge in [-0.25, -0.2) is 0 Å². The highest BCUT2D eigenvalue weighted by atomic mass is 15.1. The summed E-state index contributed by atoms with van der Waals surface area (Å²) >= 11 is 0. The van der Waals surface area contributed by atoms with Crippen molar-refractivity contribution in [1.82, 2.24) is 9.13 Å². The normalized spacial score (nSPS) is 11.5. The number of nitriles is 1. The molecule has 0 saturated carbocycles. The van der Waals surface area contributed by atoms with Crippen LogP contribution in [0, 0.1) is 32.1 Å². The van der Waals surface area contributed by atoms with E-state index in [4.69, 9.17) is 0 Å². The smallest absolute Gasteiger partial charge is 0.0991 e. The third-order valence-electron chi connectivity index (χ3n) is 11.2. The minimum absolute atomic E-state index is 0.648. The summed E-state index contributed by atoms with van der Waals surface area (Å²) in [5, 5.41) is 14.7. The van der Waals surface area contributed by atoms with Gasteiger partial charge >= 0.3 is 0 Å². The van der Waals surface area contributed by atoms with Crippen molar-refractivity contribution in [3.63, 3.8) is 0 Å². The molecule has 0 N–H and O–H groups in total. The van der Waals surface area contributed by atoms with Gasteiger partial charge in [0.25, 0.3) is 0 Å². The monoisotopic (exact) mass is 703 g/mol. The quantitative estimate of drug-likeness (QED) is 0.176. The zero-order valence-corrected chi connectivity index (χ0v) is 31.0. The first kappa shape index (κ1) is 32.5. The van der Waals surface area contributed by atoms with Crippen molar-refractivity contribution < 1.29 is 0 Å². The van der Waals surface area contributed by atoms with E-state index in [2.05, 4.69) is 188 Å². The van der Waals surface area contributed by atoms with Crippen LogP contribution in [0.1, 0.15) is 22.3 Å². The van der Waals surface area contributed by atoms with Gasteiger partial charge in [-0.3, -0.25) is 0 Å². The van der Waals surface area contributed by atoms with Gasteiger partial charge in [0, 0.05) is 21.5 Å². The molecule has 0 amide bonds. The second-order valence-electron chi connectivity index (χ2n) is 14.7. The summed E-state index contributed by atoms with van der Waals surface area (Å²) in [5.41, 5.74) is 18.0. The van der Waals surface area contributed by atoms with Crippen LogP contribution < -0.4 is 0 Å². The second-order valence-corrected chi connectivity index (χ2v) is 14.7. The van der Waals surface area contributed by atoms with Crippen molar-refractivity contribution in [3.05, 3.63) is 192 Å². The van der Waals surface area contributed by atoms with Crippen LogP contribution in [0.2, 0.25) is 0 Å². The number of aromatic nitrogens is 2. The van der Waals surface area contributed by atoms with E-state index in [9.17, 15) is 5.26 Å². The minimum Gasteiger partial charge on any atom is -0.307 e. The lowest BCUT2D eigenvalue weighted by atomic mass is 9.97. The lowest BCUT2D eigenvalue weighted by molar-refractivity contribution is 1.09. The van der Waals surface area contributed by atoms with E-state index in [0.29, 0.717) is 5.56 Å². The van der Waals surface area contributed by atoms with E-state index in [0.717, 1.165) is 50.1 Å². The Morgan fingerprint density at radius 2 is 0.855 bits per heavy atom. The molecule has 2 aromatic heterocycles. The van der Waals surface area contributed by atoms with Crippen molar-refractivity contribution >= 4 is 43.6 Å². The van der Waals surface area contributed by atoms with Crippen molar-refractivity contribution in [2.45, 2.75) is 20.8 Å². The highest BCUT2D eigenvalue weighted by Gasteiger charge is 2.22. The predicted molar refractivity (Wildman–Crippen MR) is 230 cm³/mol. The van der Waals surface area contributed by atoms with Gasteiger partial charge in [-0.2, -0.15) is 5.26 Å². The predicted octanol–water partition coefficient (Wildman–Crippen LogP) is 13.7. The Morgan fingerprint density at radius 3 is 1.38 bits per heavy atom. The fraction of sp³-hybridized carbons (Fsp3) is 0.0577. The number of nitrogens with zero attached hydrogens (tertiary/aromatic N) is 3. The summed E-state index contributed by atoms with van der Waals surface area (Å²) in [4.78, 5) is 0.